The summed E-state index contributed by atoms with van der Waals surface area (Å²) >= 11 is 0. The summed E-state index contributed by atoms with van der Waals surface area (Å²) in [5.74, 6) is 1.41. The predicted octanol–water partition coefficient (Wildman–Crippen LogP) is 2.56. The molecule has 4 rings (SSSR count). The summed E-state index contributed by atoms with van der Waals surface area (Å²) in [4.78, 5) is 13.4. The predicted molar refractivity (Wildman–Crippen MR) is 99.5 cm³/mol. The largest absolute Gasteiger partial charge is 0.365 e. The van der Waals surface area contributed by atoms with Gasteiger partial charge >= 0.3 is 0 Å². The van der Waals surface area contributed by atoms with Crippen LogP contribution in [-0.4, -0.2) is 34.5 Å². The standard InChI is InChI=1S/C18H20N8/c1-4-26-12(2)14(10-22-26)9-20-17-15-11-21-25(3)18(15)24-16(23-17)13-5-7-19-8-6-13/h5-8,10-11H,4,9H2,1-3H3,(H,20,23,24). The van der Waals surface area contributed by atoms with Crippen LogP contribution in [0.5, 0.6) is 0 Å². The van der Waals surface area contributed by atoms with E-state index in [0.717, 1.165) is 40.2 Å². The lowest BCUT2D eigenvalue weighted by Gasteiger charge is -2.09. The molecule has 0 aromatic carbocycles. The van der Waals surface area contributed by atoms with Crippen molar-refractivity contribution in [1.29, 1.82) is 0 Å². The molecule has 0 aliphatic heterocycles. The van der Waals surface area contributed by atoms with Crippen molar-refractivity contribution in [2.24, 2.45) is 7.05 Å². The van der Waals surface area contributed by atoms with Crippen molar-refractivity contribution in [3.8, 4) is 11.4 Å². The van der Waals surface area contributed by atoms with Crippen LogP contribution in [0, 0.1) is 6.92 Å². The molecule has 0 saturated carbocycles. The Bertz CT molecular complexity index is 1050. The number of nitrogens with one attached hydrogen (secondary N) is 1. The zero-order valence-corrected chi connectivity index (χ0v) is 15.0. The first-order valence-electron chi connectivity index (χ1n) is 8.52. The van der Waals surface area contributed by atoms with Crippen LogP contribution in [-0.2, 0) is 20.1 Å². The summed E-state index contributed by atoms with van der Waals surface area (Å²) in [6, 6.07) is 3.80. The molecule has 0 atom stereocenters. The SMILES string of the molecule is CCn1ncc(CNc2nc(-c3ccncc3)nc3c2cnn3C)c1C. The van der Waals surface area contributed by atoms with E-state index in [1.165, 1.54) is 0 Å². The molecule has 0 unspecified atom stereocenters. The summed E-state index contributed by atoms with van der Waals surface area (Å²) < 4.78 is 3.74. The molecular weight excluding hydrogens is 328 g/mol. The second kappa shape index (κ2) is 6.55. The molecule has 0 aliphatic rings. The molecule has 26 heavy (non-hydrogen) atoms. The molecule has 0 saturated heterocycles. The highest BCUT2D eigenvalue weighted by molar-refractivity contribution is 5.88. The van der Waals surface area contributed by atoms with E-state index in [1.54, 1.807) is 23.3 Å². The van der Waals surface area contributed by atoms with Crippen LogP contribution in [0.15, 0.2) is 36.9 Å². The van der Waals surface area contributed by atoms with E-state index in [0.29, 0.717) is 12.4 Å². The maximum Gasteiger partial charge on any atom is 0.164 e. The summed E-state index contributed by atoms with van der Waals surface area (Å²) in [7, 11) is 1.88. The maximum absolute atomic E-state index is 4.73. The summed E-state index contributed by atoms with van der Waals surface area (Å²) in [6.07, 6.45) is 7.16. The number of rotatable bonds is 5. The lowest BCUT2D eigenvalue weighted by Crippen LogP contribution is -2.06. The molecule has 8 nitrogen and oxygen atoms in total. The number of aromatic nitrogens is 7. The molecule has 4 aromatic rings. The van der Waals surface area contributed by atoms with Crippen LogP contribution in [0.4, 0.5) is 5.82 Å². The fraction of sp³-hybridized carbons (Fsp3) is 0.278. The highest BCUT2D eigenvalue weighted by Crippen LogP contribution is 2.25. The highest BCUT2D eigenvalue weighted by atomic mass is 15.3. The normalized spacial score (nSPS) is 11.2. The Morgan fingerprint density at radius 2 is 1.88 bits per heavy atom. The van der Waals surface area contributed by atoms with Gasteiger partial charge in [0.25, 0.3) is 0 Å². The molecule has 0 spiro atoms. The van der Waals surface area contributed by atoms with Crippen molar-refractivity contribution in [1.82, 2.24) is 34.5 Å². The Morgan fingerprint density at radius 1 is 1.08 bits per heavy atom. The molecule has 0 radical (unpaired) electrons. The van der Waals surface area contributed by atoms with Crippen LogP contribution in [0.2, 0.25) is 0 Å². The van der Waals surface area contributed by atoms with E-state index in [-0.39, 0.29) is 0 Å². The van der Waals surface area contributed by atoms with Gasteiger partial charge in [0.15, 0.2) is 11.5 Å². The second-order valence-electron chi connectivity index (χ2n) is 6.06. The van der Waals surface area contributed by atoms with E-state index in [9.17, 15) is 0 Å². The van der Waals surface area contributed by atoms with E-state index >= 15 is 0 Å². The molecule has 0 bridgehead atoms. The van der Waals surface area contributed by atoms with Crippen LogP contribution < -0.4 is 5.32 Å². The molecule has 4 heterocycles. The van der Waals surface area contributed by atoms with Gasteiger partial charge < -0.3 is 5.32 Å². The van der Waals surface area contributed by atoms with Gasteiger partial charge in [-0.1, -0.05) is 0 Å². The minimum absolute atomic E-state index is 0.641. The second-order valence-corrected chi connectivity index (χ2v) is 6.06. The third kappa shape index (κ3) is 2.79. The first kappa shape index (κ1) is 16.2. The fourth-order valence-electron chi connectivity index (χ4n) is 2.94. The lowest BCUT2D eigenvalue weighted by molar-refractivity contribution is 0.638. The third-order valence-corrected chi connectivity index (χ3v) is 4.48. The van der Waals surface area contributed by atoms with Gasteiger partial charge in [-0.05, 0) is 26.0 Å². The average Bonchev–Trinajstić information content (AvgIpc) is 3.23. The minimum Gasteiger partial charge on any atom is -0.365 e. The van der Waals surface area contributed by atoms with Gasteiger partial charge in [0.2, 0.25) is 0 Å². The Kier molecular flexibility index (Phi) is 4.08. The van der Waals surface area contributed by atoms with Gasteiger partial charge in [-0.3, -0.25) is 14.3 Å². The van der Waals surface area contributed by atoms with Crippen LogP contribution in [0.3, 0.4) is 0 Å². The van der Waals surface area contributed by atoms with Crippen molar-refractivity contribution in [3.63, 3.8) is 0 Å². The minimum atomic E-state index is 0.641. The van der Waals surface area contributed by atoms with Crippen molar-refractivity contribution in [2.45, 2.75) is 26.9 Å². The van der Waals surface area contributed by atoms with E-state index in [2.05, 4.69) is 39.3 Å². The third-order valence-electron chi connectivity index (χ3n) is 4.48. The lowest BCUT2D eigenvalue weighted by atomic mass is 10.2. The summed E-state index contributed by atoms with van der Waals surface area (Å²) in [5.41, 5.74) is 4.01. The Hall–Kier alpha value is -3.29. The van der Waals surface area contributed by atoms with Gasteiger partial charge in [0, 0.05) is 49.4 Å². The van der Waals surface area contributed by atoms with Gasteiger partial charge in [0.1, 0.15) is 5.82 Å². The summed E-state index contributed by atoms with van der Waals surface area (Å²) in [5, 5.41) is 13.1. The number of aryl methyl sites for hydroxylation is 2. The first-order valence-corrected chi connectivity index (χ1v) is 8.52. The molecular formula is C18H20N8. The number of fused-ring (bicyclic) bond motifs is 1. The van der Waals surface area contributed by atoms with Gasteiger partial charge in [-0.15, -0.1) is 0 Å². The van der Waals surface area contributed by atoms with Crippen molar-refractivity contribution < 1.29 is 0 Å². The topological polar surface area (TPSA) is 86.3 Å². The molecule has 1 N–H and O–H groups in total. The summed E-state index contributed by atoms with van der Waals surface area (Å²) in [6.45, 7) is 5.67. The zero-order valence-electron chi connectivity index (χ0n) is 15.0. The smallest absolute Gasteiger partial charge is 0.164 e. The average molecular weight is 348 g/mol. The van der Waals surface area contributed by atoms with E-state index in [4.69, 9.17) is 4.98 Å². The Morgan fingerprint density at radius 3 is 2.62 bits per heavy atom. The Balaban J connectivity index is 1.72. The van der Waals surface area contributed by atoms with Gasteiger partial charge in [-0.2, -0.15) is 10.2 Å². The molecule has 8 heteroatoms. The first-order chi connectivity index (χ1) is 12.7. The maximum atomic E-state index is 4.73. The molecule has 132 valence electrons. The van der Waals surface area contributed by atoms with Crippen LogP contribution in [0.1, 0.15) is 18.2 Å². The Labute approximate surface area is 150 Å². The number of nitrogens with zero attached hydrogens (tertiary/aromatic N) is 7. The van der Waals surface area contributed by atoms with Crippen molar-refractivity contribution >= 4 is 16.9 Å². The number of pyridine rings is 1. The quantitative estimate of drug-likeness (QED) is 0.596. The number of anilines is 1. The zero-order chi connectivity index (χ0) is 18.1. The van der Waals surface area contributed by atoms with Crippen molar-refractivity contribution in [3.05, 3.63) is 48.2 Å². The number of hydrogen-bond acceptors (Lipinski definition) is 6. The fourth-order valence-corrected chi connectivity index (χ4v) is 2.94. The monoisotopic (exact) mass is 348 g/mol. The van der Waals surface area contributed by atoms with Crippen LogP contribution >= 0.6 is 0 Å². The molecule has 4 aromatic heterocycles. The highest BCUT2D eigenvalue weighted by Gasteiger charge is 2.13. The van der Waals surface area contributed by atoms with Crippen molar-refractivity contribution in [2.75, 3.05) is 5.32 Å². The van der Waals surface area contributed by atoms with E-state index < -0.39 is 0 Å². The van der Waals surface area contributed by atoms with Gasteiger partial charge in [0.05, 0.1) is 17.8 Å². The number of hydrogen-bond donors (Lipinski definition) is 1. The van der Waals surface area contributed by atoms with Crippen LogP contribution in [0.25, 0.3) is 22.4 Å². The van der Waals surface area contributed by atoms with E-state index in [1.807, 2.05) is 30.1 Å². The molecule has 0 fully saturated rings. The van der Waals surface area contributed by atoms with Gasteiger partial charge in [-0.25, -0.2) is 9.97 Å². The molecule has 0 amide bonds. The molecule has 0 aliphatic carbocycles.